The standard InChI is InChI=1S/C17H23NO3/c1-16(2)11-21-14-5-4-12(10-13(14)16)15(19)18-8-6-17(3,20)7-9-18/h4-5,10,20H,6-9,11H2,1-3H3. The van der Waals surface area contributed by atoms with E-state index in [1.807, 2.05) is 30.0 Å². The number of fused-ring (bicyclic) bond motifs is 1. The van der Waals surface area contributed by atoms with Crippen LogP contribution in [0.4, 0.5) is 0 Å². The van der Waals surface area contributed by atoms with Crippen molar-refractivity contribution in [1.82, 2.24) is 4.90 Å². The van der Waals surface area contributed by atoms with E-state index in [1.54, 1.807) is 0 Å². The number of hydrogen-bond donors (Lipinski definition) is 1. The normalized spacial score (nSPS) is 22.6. The Bertz CT molecular complexity index is 567. The minimum atomic E-state index is -0.634. The largest absolute Gasteiger partial charge is 0.492 e. The van der Waals surface area contributed by atoms with Crippen molar-refractivity contribution in [2.24, 2.45) is 0 Å². The summed E-state index contributed by atoms with van der Waals surface area (Å²) in [5.41, 5.74) is 1.15. The zero-order valence-electron chi connectivity index (χ0n) is 13.0. The lowest BCUT2D eigenvalue weighted by atomic mass is 9.86. The summed E-state index contributed by atoms with van der Waals surface area (Å²) in [6.45, 7) is 7.98. The first kappa shape index (κ1) is 14.4. The second-order valence-electron chi connectivity index (χ2n) is 7.17. The number of ether oxygens (including phenoxy) is 1. The summed E-state index contributed by atoms with van der Waals surface area (Å²) in [7, 11) is 0. The minimum Gasteiger partial charge on any atom is -0.492 e. The van der Waals surface area contributed by atoms with Crippen molar-refractivity contribution in [1.29, 1.82) is 0 Å². The van der Waals surface area contributed by atoms with E-state index in [1.165, 1.54) is 0 Å². The number of likely N-dealkylation sites (tertiary alicyclic amines) is 1. The first-order valence-electron chi connectivity index (χ1n) is 7.58. The van der Waals surface area contributed by atoms with Gasteiger partial charge >= 0.3 is 0 Å². The van der Waals surface area contributed by atoms with Crippen molar-refractivity contribution in [3.05, 3.63) is 29.3 Å². The van der Waals surface area contributed by atoms with Gasteiger partial charge in [-0.2, -0.15) is 0 Å². The van der Waals surface area contributed by atoms with Gasteiger partial charge in [-0.15, -0.1) is 0 Å². The van der Waals surface area contributed by atoms with Crippen molar-refractivity contribution in [2.75, 3.05) is 19.7 Å². The number of carbonyl (C=O) groups excluding carboxylic acids is 1. The lowest BCUT2D eigenvalue weighted by Gasteiger charge is -2.35. The Hall–Kier alpha value is -1.55. The molecule has 3 rings (SSSR count). The lowest BCUT2D eigenvalue weighted by Crippen LogP contribution is -2.45. The SMILES string of the molecule is CC1(O)CCN(C(=O)c2ccc3c(c2)C(C)(C)CO3)CC1. The maximum Gasteiger partial charge on any atom is 0.253 e. The molecular weight excluding hydrogens is 266 g/mol. The molecular formula is C17H23NO3. The van der Waals surface area contributed by atoms with Crippen LogP contribution >= 0.6 is 0 Å². The number of benzene rings is 1. The van der Waals surface area contributed by atoms with E-state index in [4.69, 9.17) is 4.74 Å². The lowest BCUT2D eigenvalue weighted by molar-refractivity contribution is -0.00202. The highest BCUT2D eigenvalue weighted by Gasteiger charge is 2.34. The van der Waals surface area contributed by atoms with Crippen LogP contribution in [0.5, 0.6) is 5.75 Å². The Balaban J connectivity index is 1.81. The fraction of sp³-hybridized carbons (Fsp3) is 0.588. The summed E-state index contributed by atoms with van der Waals surface area (Å²) in [5, 5.41) is 9.99. The average Bonchev–Trinajstić information content (AvgIpc) is 2.73. The second kappa shape index (κ2) is 4.73. The third-order valence-corrected chi connectivity index (χ3v) is 4.67. The van der Waals surface area contributed by atoms with Crippen molar-refractivity contribution in [3.8, 4) is 5.75 Å². The van der Waals surface area contributed by atoms with Gasteiger partial charge in [-0.05, 0) is 38.0 Å². The highest BCUT2D eigenvalue weighted by atomic mass is 16.5. The van der Waals surface area contributed by atoms with Crippen molar-refractivity contribution < 1.29 is 14.6 Å². The summed E-state index contributed by atoms with van der Waals surface area (Å²) >= 11 is 0. The third-order valence-electron chi connectivity index (χ3n) is 4.67. The molecule has 21 heavy (non-hydrogen) atoms. The minimum absolute atomic E-state index is 0.0445. The van der Waals surface area contributed by atoms with Crippen LogP contribution in [-0.4, -0.2) is 41.2 Å². The summed E-state index contributed by atoms with van der Waals surface area (Å²) in [6.07, 6.45) is 1.27. The molecule has 0 radical (unpaired) electrons. The molecule has 2 aliphatic heterocycles. The van der Waals surface area contributed by atoms with Gasteiger partial charge in [-0.25, -0.2) is 0 Å². The number of nitrogens with zero attached hydrogens (tertiary/aromatic N) is 1. The summed E-state index contributed by atoms with van der Waals surface area (Å²) in [5.74, 6) is 0.939. The van der Waals surface area contributed by atoms with Gasteiger partial charge in [0.15, 0.2) is 0 Å². The molecule has 0 atom stereocenters. The van der Waals surface area contributed by atoms with Crippen LogP contribution in [-0.2, 0) is 5.41 Å². The first-order chi connectivity index (χ1) is 9.78. The molecule has 2 heterocycles. The van der Waals surface area contributed by atoms with Gasteiger partial charge in [0.1, 0.15) is 5.75 Å². The van der Waals surface area contributed by atoms with Crippen LogP contribution in [0, 0.1) is 0 Å². The number of aliphatic hydroxyl groups is 1. The highest BCUT2D eigenvalue weighted by molar-refractivity contribution is 5.94. The predicted octanol–water partition coefficient (Wildman–Crippen LogP) is 2.34. The predicted molar refractivity (Wildman–Crippen MR) is 80.7 cm³/mol. The molecule has 0 spiro atoms. The van der Waals surface area contributed by atoms with E-state index in [0.717, 1.165) is 11.3 Å². The summed E-state index contributed by atoms with van der Waals surface area (Å²) in [6, 6.07) is 5.71. The average molecular weight is 289 g/mol. The maximum absolute atomic E-state index is 12.6. The molecule has 1 aromatic carbocycles. The highest BCUT2D eigenvalue weighted by Crippen LogP contribution is 2.39. The van der Waals surface area contributed by atoms with Gasteiger partial charge in [0.2, 0.25) is 0 Å². The molecule has 1 fully saturated rings. The smallest absolute Gasteiger partial charge is 0.253 e. The number of hydrogen-bond acceptors (Lipinski definition) is 3. The summed E-state index contributed by atoms with van der Waals surface area (Å²) in [4.78, 5) is 14.5. The molecule has 1 aromatic rings. The number of amides is 1. The molecule has 4 heteroatoms. The van der Waals surface area contributed by atoms with Crippen LogP contribution in [0.15, 0.2) is 18.2 Å². The van der Waals surface area contributed by atoms with Gasteiger partial charge in [0.05, 0.1) is 12.2 Å². The Morgan fingerprint density at radius 2 is 1.90 bits per heavy atom. The molecule has 1 saturated heterocycles. The van der Waals surface area contributed by atoms with Crippen molar-refractivity contribution in [2.45, 2.75) is 44.6 Å². The maximum atomic E-state index is 12.6. The van der Waals surface area contributed by atoms with Gasteiger partial charge in [-0.1, -0.05) is 13.8 Å². The number of piperidine rings is 1. The molecule has 0 aliphatic carbocycles. The number of carbonyl (C=O) groups is 1. The fourth-order valence-corrected chi connectivity index (χ4v) is 3.03. The zero-order chi connectivity index (χ0) is 15.3. The zero-order valence-corrected chi connectivity index (χ0v) is 13.0. The quantitative estimate of drug-likeness (QED) is 0.863. The van der Waals surface area contributed by atoms with E-state index in [-0.39, 0.29) is 11.3 Å². The molecule has 0 unspecified atom stereocenters. The van der Waals surface area contributed by atoms with Gasteiger partial charge < -0.3 is 14.7 Å². The topological polar surface area (TPSA) is 49.8 Å². The van der Waals surface area contributed by atoms with Gasteiger partial charge in [0, 0.05) is 29.6 Å². The van der Waals surface area contributed by atoms with Crippen LogP contribution in [0.25, 0.3) is 0 Å². The molecule has 1 N–H and O–H groups in total. The monoisotopic (exact) mass is 289 g/mol. The van der Waals surface area contributed by atoms with Gasteiger partial charge in [-0.3, -0.25) is 4.79 Å². The van der Waals surface area contributed by atoms with E-state index in [9.17, 15) is 9.90 Å². The van der Waals surface area contributed by atoms with Gasteiger partial charge in [0.25, 0.3) is 5.91 Å². The second-order valence-corrected chi connectivity index (χ2v) is 7.17. The molecule has 0 bridgehead atoms. The van der Waals surface area contributed by atoms with E-state index in [0.29, 0.717) is 38.1 Å². The number of rotatable bonds is 1. The molecule has 4 nitrogen and oxygen atoms in total. The molecule has 0 saturated carbocycles. The molecule has 1 amide bonds. The van der Waals surface area contributed by atoms with E-state index in [2.05, 4.69) is 13.8 Å². The summed E-state index contributed by atoms with van der Waals surface area (Å²) < 4.78 is 5.66. The Morgan fingerprint density at radius 1 is 1.24 bits per heavy atom. The Kier molecular flexibility index (Phi) is 3.24. The van der Waals surface area contributed by atoms with Crippen LogP contribution in [0.2, 0.25) is 0 Å². The Labute approximate surface area is 125 Å². The molecule has 114 valence electrons. The van der Waals surface area contributed by atoms with E-state index < -0.39 is 5.60 Å². The van der Waals surface area contributed by atoms with E-state index >= 15 is 0 Å². The molecule has 2 aliphatic rings. The van der Waals surface area contributed by atoms with Crippen LogP contribution in [0.3, 0.4) is 0 Å². The van der Waals surface area contributed by atoms with Crippen LogP contribution in [0.1, 0.15) is 49.5 Å². The Morgan fingerprint density at radius 3 is 2.57 bits per heavy atom. The van der Waals surface area contributed by atoms with Crippen molar-refractivity contribution in [3.63, 3.8) is 0 Å². The first-order valence-corrected chi connectivity index (χ1v) is 7.58. The molecule has 0 aromatic heterocycles. The van der Waals surface area contributed by atoms with Crippen molar-refractivity contribution >= 4 is 5.91 Å². The van der Waals surface area contributed by atoms with Crippen LogP contribution < -0.4 is 4.74 Å². The fourth-order valence-electron chi connectivity index (χ4n) is 3.03. The third kappa shape index (κ3) is 2.64.